The van der Waals surface area contributed by atoms with E-state index in [2.05, 4.69) is 159 Å². The first-order valence-corrected chi connectivity index (χ1v) is 21.5. The van der Waals surface area contributed by atoms with E-state index < -0.39 is 0 Å². The van der Waals surface area contributed by atoms with Gasteiger partial charge in [-0.05, 0) is 105 Å². The number of para-hydroxylation sites is 4. The Bertz CT molecular complexity index is 3420. The number of rotatable bonds is 8. The Morgan fingerprint density at radius 2 is 0.774 bits per heavy atom. The SMILES string of the molecule is CC(C)c1cc(N(c2ccccn2)c2cccc3c2oc2ccccc23)c2ccc3c(C(C)C)cc(N(c4ccccn4)c4cccc5c4oc4ccccc45)c4ccc1c2c34. The second kappa shape index (κ2) is 13.9. The van der Waals surface area contributed by atoms with Gasteiger partial charge in [-0.1, -0.05) is 125 Å². The molecule has 0 fully saturated rings. The third-order valence-electron chi connectivity index (χ3n) is 12.7. The zero-order valence-corrected chi connectivity index (χ0v) is 34.9. The maximum absolute atomic E-state index is 6.74. The number of hydrogen-bond acceptors (Lipinski definition) is 6. The molecule has 0 amide bonds. The number of benzene rings is 8. The molecule has 6 nitrogen and oxygen atoms in total. The number of hydrogen-bond donors (Lipinski definition) is 0. The van der Waals surface area contributed by atoms with Gasteiger partial charge < -0.3 is 8.83 Å². The van der Waals surface area contributed by atoms with Crippen molar-refractivity contribution in [2.24, 2.45) is 0 Å². The lowest BCUT2D eigenvalue weighted by Crippen LogP contribution is -2.14. The van der Waals surface area contributed by atoms with E-state index in [0.29, 0.717) is 0 Å². The summed E-state index contributed by atoms with van der Waals surface area (Å²) in [6, 6.07) is 55.8. The van der Waals surface area contributed by atoms with Gasteiger partial charge >= 0.3 is 0 Å². The molecule has 12 rings (SSSR count). The smallest absolute Gasteiger partial charge is 0.159 e. The molecule has 12 aromatic rings. The Labute approximate surface area is 358 Å². The molecule has 0 bridgehead atoms. The van der Waals surface area contributed by atoms with Crippen LogP contribution in [0.1, 0.15) is 50.7 Å². The second-order valence-corrected chi connectivity index (χ2v) is 16.9. The van der Waals surface area contributed by atoms with Crippen LogP contribution in [0.2, 0.25) is 0 Å². The molecular formula is C56H42N4O2. The molecule has 0 aliphatic rings. The van der Waals surface area contributed by atoms with Crippen LogP contribution in [0.3, 0.4) is 0 Å². The van der Waals surface area contributed by atoms with Crippen LogP contribution in [0.15, 0.2) is 179 Å². The van der Waals surface area contributed by atoms with Crippen LogP contribution in [0.5, 0.6) is 0 Å². The van der Waals surface area contributed by atoms with Gasteiger partial charge in [0.1, 0.15) is 22.8 Å². The molecule has 0 aliphatic heterocycles. The molecular weight excluding hydrogens is 761 g/mol. The molecule has 6 heteroatoms. The molecule has 0 N–H and O–H groups in total. The third kappa shape index (κ3) is 5.36. The van der Waals surface area contributed by atoms with E-state index in [1.165, 1.54) is 32.7 Å². The van der Waals surface area contributed by atoms with Crippen molar-refractivity contribution in [3.8, 4) is 0 Å². The number of furan rings is 2. The summed E-state index contributed by atoms with van der Waals surface area (Å²) in [6.45, 7) is 9.18. The Morgan fingerprint density at radius 3 is 1.19 bits per heavy atom. The summed E-state index contributed by atoms with van der Waals surface area (Å²) >= 11 is 0. The molecule has 0 radical (unpaired) electrons. The van der Waals surface area contributed by atoms with Crippen molar-refractivity contribution in [2.75, 3.05) is 9.80 Å². The summed E-state index contributed by atoms with van der Waals surface area (Å²) in [5, 5.41) is 11.5. The minimum atomic E-state index is 0.227. The predicted octanol–water partition coefficient (Wildman–Crippen LogP) is 16.4. The molecule has 0 unspecified atom stereocenters. The summed E-state index contributed by atoms with van der Waals surface area (Å²) in [5.41, 5.74) is 9.88. The number of fused-ring (bicyclic) bond motifs is 6. The first kappa shape index (κ1) is 36.2. The van der Waals surface area contributed by atoms with Crippen molar-refractivity contribution in [3.63, 3.8) is 0 Å². The highest BCUT2D eigenvalue weighted by atomic mass is 16.3. The average molecular weight is 803 g/mol. The second-order valence-electron chi connectivity index (χ2n) is 16.9. The van der Waals surface area contributed by atoms with Crippen LogP contribution in [-0.4, -0.2) is 9.97 Å². The topological polar surface area (TPSA) is 58.5 Å². The molecule has 298 valence electrons. The van der Waals surface area contributed by atoms with Crippen LogP contribution in [-0.2, 0) is 0 Å². The van der Waals surface area contributed by atoms with Gasteiger partial charge in [-0.15, -0.1) is 0 Å². The van der Waals surface area contributed by atoms with Crippen LogP contribution >= 0.6 is 0 Å². The van der Waals surface area contributed by atoms with Gasteiger partial charge in [-0.2, -0.15) is 0 Å². The quantitative estimate of drug-likeness (QED) is 0.143. The molecule has 0 spiro atoms. The van der Waals surface area contributed by atoms with E-state index in [1.54, 1.807) is 0 Å². The lowest BCUT2D eigenvalue weighted by atomic mass is 9.84. The van der Waals surface area contributed by atoms with Crippen molar-refractivity contribution >= 4 is 111 Å². The van der Waals surface area contributed by atoms with E-state index in [-0.39, 0.29) is 11.8 Å². The summed E-state index contributed by atoms with van der Waals surface area (Å²) in [4.78, 5) is 14.6. The van der Waals surface area contributed by atoms with Gasteiger partial charge in [0.05, 0.1) is 22.7 Å². The highest BCUT2D eigenvalue weighted by Gasteiger charge is 2.29. The Balaban J connectivity index is 1.21. The molecule has 0 aliphatic carbocycles. The lowest BCUT2D eigenvalue weighted by molar-refractivity contribution is 0.668. The normalized spacial score (nSPS) is 12.2. The predicted molar refractivity (Wildman–Crippen MR) is 258 cm³/mol. The Kier molecular flexibility index (Phi) is 8.13. The van der Waals surface area contributed by atoms with Crippen LogP contribution in [0.25, 0.3) is 76.2 Å². The van der Waals surface area contributed by atoms with Crippen LogP contribution in [0, 0.1) is 0 Å². The van der Waals surface area contributed by atoms with Gasteiger partial charge in [-0.3, -0.25) is 9.80 Å². The minimum Gasteiger partial charge on any atom is -0.454 e. The fourth-order valence-corrected chi connectivity index (χ4v) is 9.88. The van der Waals surface area contributed by atoms with Gasteiger partial charge in [-0.25, -0.2) is 9.97 Å². The zero-order valence-electron chi connectivity index (χ0n) is 34.9. The van der Waals surface area contributed by atoms with Crippen molar-refractivity contribution in [1.82, 2.24) is 9.97 Å². The first-order valence-electron chi connectivity index (χ1n) is 21.5. The molecule has 4 aromatic heterocycles. The number of nitrogens with zero attached hydrogens (tertiary/aromatic N) is 4. The van der Waals surface area contributed by atoms with Crippen molar-refractivity contribution < 1.29 is 8.83 Å². The van der Waals surface area contributed by atoms with Crippen LogP contribution in [0.4, 0.5) is 34.4 Å². The molecule has 0 atom stereocenters. The molecule has 0 saturated carbocycles. The molecule has 62 heavy (non-hydrogen) atoms. The first-order chi connectivity index (χ1) is 30.4. The number of anilines is 6. The number of pyridine rings is 2. The van der Waals surface area contributed by atoms with Gasteiger partial charge in [0.25, 0.3) is 0 Å². The van der Waals surface area contributed by atoms with E-state index in [1.807, 2.05) is 48.8 Å². The maximum atomic E-state index is 6.74. The number of aromatic nitrogens is 2. The minimum absolute atomic E-state index is 0.227. The fourth-order valence-electron chi connectivity index (χ4n) is 9.88. The zero-order chi connectivity index (χ0) is 41.6. The lowest BCUT2D eigenvalue weighted by Gasteiger charge is -2.30. The Hall–Kier alpha value is -7.70. The summed E-state index contributed by atoms with van der Waals surface area (Å²) in [5.74, 6) is 2.08. The van der Waals surface area contributed by atoms with E-state index in [9.17, 15) is 0 Å². The van der Waals surface area contributed by atoms with Crippen molar-refractivity contribution in [2.45, 2.75) is 39.5 Å². The fraction of sp³-hybridized carbons (Fsp3) is 0.107. The van der Waals surface area contributed by atoms with Crippen molar-refractivity contribution in [3.05, 3.63) is 181 Å². The van der Waals surface area contributed by atoms with Gasteiger partial charge in [0, 0.05) is 44.7 Å². The average Bonchev–Trinajstić information content (AvgIpc) is 3.89. The van der Waals surface area contributed by atoms with Gasteiger partial charge in [0.15, 0.2) is 11.2 Å². The van der Waals surface area contributed by atoms with Crippen molar-refractivity contribution in [1.29, 1.82) is 0 Å². The van der Waals surface area contributed by atoms with E-state index in [0.717, 1.165) is 89.0 Å². The maximum Gasteiger partial charge on any atom is 0.159 e. The highest BCUT2D eigenvalue weighted by molar-refractivity contribution is 6.30. The summed E-state index contributed by atoms with van der Waals surface area (Å²) in [6.07, 6.45) is 3.74. The monoisotopic (exact) mass is 802 g/mol. The molecule has 8 aromatic carbocycles. The summed E-state index contributed by atoms with van der Waals surface area (Å²) in [7, 11) is 0. The van der Waals surface area contributed by atoms with E-state index >= 15 is 0 Å². The van der Waals surface area contributed by atoms with E-state index in [4.69, 9.17) is 18.8 Å². The highest BCUT2D eigenvalue weighted by Crippen LogP contribution is 2.52. The third-order valence-corrected chi connectivity index (χ3v) is 12.7. The molecule has 4 heterocycles. The summed E-state index contributed by atoms with van der Waals surface area (Å²) < 4.78 is 13.5. The van der Waals surface area contributed by atoms with Crippen LogP contribution < -0.4 is 9.80 Å². The Morgan fingerprint density at radius 1 is 0.371 bits per heavy atom. The van der Waals surface area contributed by atoms with Gasteiger partial charge in [0.2, 0.25) is 0 Å². The molecule has 0 saturated heterocycles. The largest absolute Gasteiger partial charge is 0.454 e. The standard InChI is InChI=1S/C56H42N4O2/c1-33(2)43-31-47(59(51-23-9-11-29-57-51)45-19-13-17-39-35-15-5-7-21-49(35)61-55(39)45)41-28-26-38-44(34(3)4)32-48(42-27-25-37(43)53(41)54(38)42)60(52-24-10-12-30-58-52)46-20-14-18-40-36-16-6-8-22-50(36)62-56(40)46/h5-34H,1-4H3.